The molecule has 2 rings (SSSR count). The highest BCUT2D eigenvalue weighted by atomic mass is 19.3. The summed E-state index contributed by atoms with van der Waals surface area (Å²) in [5.74, 6) is -2.78. The molecule has 0 heterocycles. The van der Waals surface area contributed by atoms with Gasteiger partial charge in [0.1, 0.15) is 0 Å². The van der Waals surface area contributed by atoms with Gasteiger partial charge in [-0.2, -0.15) is 8.78 Å². The van der Waals surface area contributed by atoms with Gasteiger partial charge in [0.15, 0.2) is 28.9 Å². The van der Waals surface area contributed by atoms with Crippen molar-refractivity contribution in [3.8, 4) is 11.5 Å². The fraction of sp³-hybridized carbons (Fsp3) is 0.118. The molecule has 126 valence electrons. The van der Waals surface area contributed by atoms with Gasteiger partial charge in [-0.25, -0.2) is 8.78 Å². The molecule has 0 aliphatic rings. The monoisotopic (exact) mass is 340 g/mol. The quantitative estimate of drug-likeness (QED) is 0.442. The fourth-order valence-corrected chi connectivity index (χ4v) is 1.90. The molecule has 0 saturated heterocycles. The first kappa shape index (κ1) is 17.5. The number of benzene rings is 2. The van der Waals surface area contributed by atoms with Gasteiger partial charge in [0, 0.05) is 5.56 Å². The summed E-state index contributed by atoms with van der Waals surface area (Å²) in [6.45, 7) is -2.99. The van der Waals surface area contributed by atoms with Crippen LogP contribution < -0.4 is 9.47 Å². The molecule has 0 fully saturated rings. The molecule has 0 amide bonds. The number of ether oxygens (including phenoxy) is 2. The van der Waals surface area contributed by atoms with Gasteiger partial charge in [-0.15, -0.1) is 0 Å². The predicted octanol–water partition coefficient (Wildman–Crippen LogP) is 4.47. The normalized spacial score (nSPS) is 11.1. The molecule has 0 aliphatic heterocycles. The van der Waals surface area contributed by atoms with Crippen LogP contribution in [0.25, 0.3) is 6.08 Å². The first-order valence-electron chi connectivity index (χ1n) is 6.71. The van der Waals surface area contributed by atoms with E-state index in [2.05, 4.69) is 4.74 Å². The van der Waals surface area contributed by atoms with E-state index in [-0.39, 0.29) is 17.1 Å². The number of hydrogen-bond donors (Lipinski definition) is 0. The van der Waals surface area contributed by atoms with Gasteiger partial charge in [0.25, 0.3) is 0 Å². The molecule has 0 aromatic heterocycles. The van der Waals surface area contributed by atoms with E-state index < -0.39 is 24.0 Å². The van der Waals surface area contributed by atoms with Crippen LogP contribution in [-0.2, 0) is 0 Å². The van der Waals surface area contributed by atoms with E-state index in [1.54, 1.807) is 0 Å². The second kappa shape index (κ2) is 7.63. The Hall–Kier alpha value is -2.83. The SMILES string of the molecule is COc1cc(/C=C/C(=O)c2ccc(F)c(F)c2)ccc1OC(F)F. The Kier molecular flexibility index (Phi) is 5.57. The first-order chi connectivity index (χ1) is 11.4. The molecule has 0 bridgehead atoms. The smallest absolute Gasteiger partial charge is 0.387 e. The number of carbonyl (C=O) groups is 1. The van der Waals surface area contributed by atoms with Crippen molar-refractivity contribution in [3.05, 3.63) is 65.2 Å². The summed E-state index contributed by atoms with van der Waals surface area (Å²) in [7, 11) is 1.29. The van der Waals surface area contributed by atoms with Crippen molar-refractivity contribution >= 4 is 11.9 Å². The van der Waals surface area contributed by atoms with E-state index in [4.69, 9.17) is 4.74 Å². The Labute approximate surface area is 135 Å². The summed E-state index contributed by atoms with van der Waals surface area (Å²) in [6, 6.07) is 6.91. The van der Waals surface area contributed by atoms with Gasteiger partial charge in [-0.05, 0) is 42.0 Å². The van der Waals surface area contributed by atoms with Gasteiger partial charge >= 0.3 is 6.61 Å². The maximum absolute atomic E-state index is 13.1. The van der Waals surface area contributed by atoms with E-state index in [1.807, 2.05) is 0 Å². The highest BCUT2D eigenvalue weighted by Crippen LogP contribution is 2.29. The molecule has 24 heavy (non-hydrogen) atoms. The van der Waals surface area contributed by atoms with Crippen LogP contribution in [-0.4, -0.2) is 19.5 Å². The molecule has 3 nitrogen and oxygen atoms in total. The van der Waals surface area contributed by atoms with Crippen LogP contribution in [0.15, 0.2) is 42.5 Å². The Morgan fingerprint density at radius 3 is 2.42 bits per heavy atom. The number of halogens is 4. The molecule has 0 N–H and O–H groups in total. The van der Waals surface area contributed by atoms with Crippen LogP contribution in [0.3, 0.4) is 0 Å². The minimum absolute atomic E-state index is 0.0187. The average Bonchev–Trinajstić information content (AvgIpc) is 2.55. The minimum atomic E-state index is -2.99. The van der Waals surface area contributed by atoms with Gasteiger partial charge < -0.3 is 9.47 Å². The van der Waals surface area contributed by atoms with E-state index >= 15 is 0 Å². The first-order valence-corrected chi connectivity index (χ1v) is 6.71. The summed E-state index contributed by atoms with van der Waals surface area (Å²) in [6.07, 6.45) is 2.54. The topological polar surface area (TPSA) is 35.5 Å². The predicted molar refractivity (Wildman–Crippen MR) is 79.3 cm³/mol. The molecular formula is C17H12F4O3. The van der Waals surface area contributed by atoms with Gasteiger partial charge in [0.2, 0.25) is 0 Å². The lowest BCUT2D eigenvalue weighted by atomic mass is 10.1. The Bertz CT molecular complexity index is 772. The van der Waals surface area contributed by atoms with E-state index in [0.717, 1.165) is 24.3 Å². The number of alkyl halides is 2. The van der Waals surface area contributed by atoms with Gasteiger partial charge in [-0.1, -0.05) is 12.1 Å². The summed E-state index contributed by atoms with van der Waals surface area (Å²) >= 11 is 0. The number of methoxy groups -OCH3 is 1. The number of ketones is 1. The lowest BCUT2D eigenvalue weighted by Crippen LogP contribution is -2.03. The number of allylic oxidation sites excluding steroid dienone is 1. The number of hydrogen-bond acceptors (Lipinski definition) is 3. The molecule has 0 aliphatic carbocycles. The zero-order valence-corrected chi connectivity index (χ0v) is 12.4. The number of carbonyl (C=O) groups excluding carboxylic acids is 1. The molecular weight excluding hydrogens is 328 g/mol. The van der Waals surface area contributed by atoms with Crippen LogP contribution in [0.1, 0.15) is 15.9 Å². The fourth-order valence-electron chi connectivity index (χ4n) is 1.90. The van der Waals surface area contributed by atoms with Crippen molar-refractivity contribution in [2.45, 2.75) is 6.61 Å². The highest BCUT2D eigenvalue weighted by Gasteiger charge is 2.11. The average molecular weight is 340 g/mol. The van der Waals surface area contributed by atoms with Crippen molar-refractivity contribution < 1.29 is 31.8 Å². The zero-order chi connectivity index (χ0) is 17.7. The number of rotatable bonds is 6. The molecule has 0 atom stereocenters. The maximum Gasteiger partial charge on any atom is 0.387 e. The Morgan fingerprint density at radius 1 is 1.04 bits per heavy atom. The maximum atomic E-state index is 13.1. The Balaban J connectivity index is 2.18. The van der Waals surface area contributed by atoms with Crippen molar-refractivity contribution in [3.63, 3.8) is 0 Å². The minimum Gasteiger partial charge on any atom is -0.493 e. The van der Waals surface area contributed by atoms with E-state index in [9.17, 15) is 22.4 Å². The Morgan fingerprint density at radius 2 is 1.79 bits per heavy atom. The summed E-state index contributed by atoms with van der Waals surface area (Å²) in [5, 5.41) is 0. The van der Waals surface area contributed by atoms with Crippen LogP contribution in [0.5, 0.6) is 11.5 Å². The molecule has 0 radical (unpaired) electrons. The van der Waals surface area contributed by atoms with E-state index in [0.29, 0.717) is 5.56 Å². The van der Waals surface area contributed by atoms with Crippen LogP contribution in [0, 0.1) is 11.6 Å². The van der Waals surface area contributed by atoms with Gasteiger partial charge in [-0.3, -0.25) is 4.79 Å². The lowest BCUT2D eigenvalue weighted by molar-refractivity contribution is -0.0512. The van der Waals surface area contributed by atoms with Crippen LogP contribution >= 0.6 is 0 Å². The molecule has 2 aromatic rings. The third-order valence-electron chi connectivity index (χ3n) is 3.04. The third-order valence-corrected chi connectivity index (χ3v) is 3.04. The largest absolute Gasteiger partial charge is 0.493 e. The summed E-state index contributed by atoms with van der Waals surface area (Å²) in [5.41, 5.74) is 0.458. The highest BCUT2D eigenvalue weighted by molar-refractivity contribution is 6.06. The van der Waals surface area contributed by atoms with Crippen molar-refractivity contribution in [2.75, 3.05) is 7.11 Å². The van der Waals surface area contributed by atoms with Gasteiger partial charge in [0.05, 0.1) is 7.11 Å². The zero-order valence-electron chi connectivity index (χ0n) is 12.4. The standard InChI is InChI=1S/C17H12F4O3/c1-23-16-8-10(3-7-15(16)24-17(20)21)2-6-14(22)11-4-5-12(18)13(19)9-11/h2-9,17H,1H3/b6-2+. The molecule has 7 heteroatoms. The summed E-state index contributed by atoms with van der Waals surface area (Å²) < 4.78 is 59.7. The lowest BCUT2D eigenvalue weighted by Gasteiger charge is -2.10. The van der Waals surface area contributed by atoms with E-state index in [1.165, 1.54) is 31.4 Å². The van der Waals surface area contributed by atoms with Crippen LogP contribution in [0.4, 0.5) is 17.6 Å². The van der Waals surface area contributed by atoms with Crippen molar-refractivity contribution in [1.82, 2.24) is 0 Å². The molecule has 2 aromatic carbocycles. The molecule has 0 saturated carbocycles. The van der Waals surface area contributed by atoms with Crippen molar-refractivity contribution in [1.29, 1.82) is 0 Å². The summed E-state index contributed by atoms with van der Waals surface area (Å²) in [4.78, 5) is 11.9. The second-order valence-corrected chi connectivity index (χ2v) is 4.62. The van der Waals surface area contributed by atoms with Crippen molar-refractivity contribution in [2.24, 2.45) is 0 Å². The second-order valence-electron chi connectivity index (χ2n) is 4.62. The molecule has 0 unspecified atom stereocenters. The molecule has 0 spiro atoms. The third kappa shape index (κ3) is 4.34. The van der Waals surface area contributed by atoms with Crippen LogP contribution in [0.2, 0.25) is 0 Å².